The van der Waals surface area contributed by atoms with E-state index in [0.717, 1.165) is 43.9 Å². The monoisotopic (exact) mass is 406 g/mol. The van der Waals surface area contributed by atoms with Gasteiger partial charge in [0.15, 0.2) is 0 Å². The molecule has 0 saturated carbocycles. The van der Waals surface area contributed by atoms with E-state index in [1.165, 1.54) is 5.56 Å². The van der Waals surface area contributed by atoms with E-state index >= 15 is 0 Å². The maximum absolute atomic E-state index is 5.76. The second kappa shape index (κ2) is 9.31. The Kier molecular flexibility index (Phi) is 6.34. The van der Waals surface area contributed by atoms with Crippen molar-refractivity contribution in [2.24, 2.45) is 0 Å². The van der Waals surface area contributed by atoms with E-state index in [-0.39, 0.29) is 0 Å². The summed E-state index contributed by atoms with van der Waals surface area (Å²) in [7, 11) is 0. The topological polar surface area (TPSA) is 37.4 Å². The highest BCUT2D eigenvalue weighted by atomic mass is 32.1. The van der Waals surface area contributed by atoms with Crippen LogP contribution in [0.15, 0.2) is 65.1 Å². The van der Waals surface area contributed by atoms with Crippen LogP contribution in [0.3, 0.4) is 0 Å². The zero-order chi connectivity index (χ0) is 20.1. The van der Waals surface area contributed by atoms with Gasteiger partial charge in [0.25, 0.3) is 4.84 Å². The van der Waals surface area contributed by atoms with Gasteiger partial charge in [0.2, 0.25) is 5.89 Å². The Hall–Kier alpha value is -2.54. The molecule has 0 amide bonds. The number of nitrogens with zero attached hydrogens (tertiary/aromatic N) is 4. The van der Waals surface area contributed by atoms with Gasteiger partial charge in [-0.25, -0.2) is 4.68 Å². The molecule has 1 aliphatic rings. The standard InChI is InChI=1S/C23H26N4OS/c1-19-8-5-6-12-21(19)22-24-27(23(29)28-22)18-26-16-14-25(15-17-26)13-7-11-20-9-3-2-4-10-20/h2-12H,13-18H2,1H3. The predicted molar refractivity (Wildman–Crippen MR) is 119 cm³/mol. The molecule has 2 aromatic carbocycles. The highest BCUT2D eigenvalue weighted by Crippen LogP contribution is 2.21. The summed E-state index contributed by atoms with van der Waals surface area (Å²) in [5, 5.41) is 4.62. The molecule has 0 unspecified atom stereocenters. The molecular formula is C23H26N4OS. The summed E-state index contributed by atoms with van der Waals surface area (Å²) in [6.45, 7) is 7.76. The molecule has 0 bridgehead atoms. The van der Waals surface area contributed by atoms with Gasteiger partial charge in [-0.3, -0.25) is 9.80 Å². The Balaban J connectivity index is 1.30. The summed E-state index contributed by atoms with van der Waals surface area (Å²) in [6, 6.07) is 18.5. The quantitative estimate of drug-likeness (QED) is 0.565. The predicted octanol–water partition coefficient (Wildman–Crippen LogP) is 4.47. The van der Waals surface area contributed by atoms with Crippen molar-refractivity contribution in [3.05, 3.63) is 76.6 Å². The lowest BCUT2D eigenvalue weighted by Crippen LogP contribution is -2.46. The molecule has 29 heavy (non-hydrogen) atoms. The van der Waals surface area contributed by atoms with E-state index in [1.54, 1.807) is 4.68 Å². The van der Waals surface area contributed by atoms with Crippen LogP contribution in [0.5, 0.6) is 0 Å². The number of rotatable bonds is 6. The number of aromatic nitrogens is 2. The van der Waals surface area contributed by atoms with E-state index in [4.69, 9.17) is 16.6 Å². The van der Waals surface area contributed by atoms with Crippen LogP contribution in [0.4, 0.5) is 0 Å². The second-order valence-electron chi connectivity index (χ2n) is 7.36. The van der Waals surface area contributed by atoms with Crippen LogP contribution in [0, 0.1) is 11.8 Å². The van der Waals surface area contributed by atoms with Crippen molar-refractivity contribution in [1.29, 1.82) is 0 Å². The van der Waals surface area contributed by atoms with Gasteiger partial charge in [0.1, 0.15) is 0 Å². The van der Waals surface area contributed by atoms with Gasteiger partial charge < -0.3 is 4.42 Å². The molecule has 0 spiro atoms. The first-order chi connectivity index (χ1) is 14.2. The van der Waals surface area contributed by atoms with Crippen molar-refractivity contribution >= 4 is 18.3 Å². The van der Waals surface area contributed by atoms with Gasteiger partial charge in [0.05, 0.1) is 6.67 Å². The molecular weight excluding hydrogens is 380 g/mol. The van der Waals surface area contributed by atoms with Crippen LogP contribution in [-0.2, 0) is 6.67 Å². The fourth-order valence-electron chi connectivity index (χ4n) is 3.52. The molecule has 4 rings (SSSR count). The first kappa shape index (κ1) is 19.8. The zero-order valence-corrected chi connectivity index (χ0v) is 17.5. The lowest BCUT2D eigenvalue weighted by Gasteiger charge is -2.33. The number of benzene rings is 2. The van der Waals surface area contributed by atoms with Gasteiger partial charge in [0, 0.05) is 38.3 Å². The molecule has 0 N–H and O–H groups in total. The lowest BCUT2D eigenvalue weighted by atomic mass is 10.1. The Morgan fingerprint density at radius 2 is 1.66 bits per heavy atom. The van der Waals surface area contributed by atoms with Gasteiger partial charge >= 0.3 is 0 Å². The number of hydrogen-bond acceptors (Lipinski definition) is 5. The third-order valence-electron chi connectivity index (χ3n) is 5.25. The molecule has 0 radical (unpaired) electrons. The largest absolute Gasteiger partial charge is 0.409 e. The third kappa shape index (κ3) is 5.09. The highest BCUT2D eigenvalue weighted by molar-refractivity contribution is 7.71. The smallest absolute Gasteiger partial charge is 0.288 e. The average Bonchev–Trinajstić information content (AvgIpc) is 3.10. The summed E-state index contributed by atoms with van der Waals surface area (Å²) in [5.41, 5.74) is 3.37. The summed E-state index contributed by atoms with van der Waals surface area (Å²) in [4.78, 5) is 5.27. The van der Waals surface area contributed by atoms with Crippen LogP contribution < -0.4 is 0 Å². The van der Waals surface area contributed by atoms with Crippen LogP contribution in [-0.4, -0.2) is 52.3 Å². The van der Waals surface area contributed by atoms with E-state index in [9.17, 15) is 0 Å². The van der Waals surface area contributed by atoms with E-state index < -0.39 is 0 Å². The molecule has 5 nitrogen and oxygen atoms in total. The summed E-state index contributed by atoms with van der Waals surface area (Å²) >= 11 is 5.40. The van der Waals surface area contributed by atoms with Crippen LogP contribution in [0.25, 0.3) is 17.5 Å². The average molecular weight is 407 g/mol. The van der Waals surface area contributed by atoms with Crippen LogP contribution >= 0.6 is 12.2 Å². The maximum atomic E-state index is 5.76. The first-order valence-corrected chi connectivity index (χ1v) is 10.4. The van der Waals surface area contributed by atoms with Crippen molar-refractivity contribution in [2.45, 2.75) is 13.6 Å². The fraction of sp³-hybridized carbons (Fsp3) is 0.304. The zero-order valence-electron chi connectivity index (χ0n) is 16.7. The summed E-state index contributed by atoms with van der Waals surface area (Å²) in [5.74, 6) is 0.595. The molecule has 0 atom stereocenters. The minimum absolute atomic E-state index is 0.427. The Labute approximate surface area is 176 Å². The summed E-state index contributed by atoms with van der Waals surface area (Å²) < 4.78 is 7.55. The Morgan fingerprint density at radius 3 is 2.41 bits per heavy atom. The minimum Gasteiger partial charge on any atom is -0.409 e. The number of hydrogen-bond donors (Lipinski definition) is 0. The van der Waals surface area contributed by atoms with Gasteiger partial charge in [-0.05, 0) is 36.3 Å². The maximum Gasteiger partial charge on any atom is 0.288 e. The molecule has 2 heterocycles. The normalized spacial score (nSPS) is 15.9. The number of piperazine rings is 1. The molecule has 1 aromatic heterocycles. The van der Waals surface area contributed by atoms with Gasteiger partial charge in [-0.2, -0.15) is 0 Å². The molecule has 1 aliphatic heterocycles. The second-order valence-corrected chi connectivity index (χ2v) is 7.71. The fourth-order valence-corrected chi connectivity index (χ4v) is 3.70. The SMILES string of the molecule is Cc1ccccc1-c1nn(CN2CCN(CC=Cc3ccccc3)CC2)c(=S)o1. The van der Waals surface area contributed by atoms with Crippen LogP contribution in [0.1, 0.15) is 11.1 Å². The van der Waals surface area contributed by atoms with Crippen molar-refractivity contribution < 1.29 is 4.42 Å². The molecule has 150 valence electrons. The summed E-state index contributed by atoms with van der Waals surface area (Å²) in [6.07, 6.45) is 4.43. The van der Waals surface area contributed by atoms with Crippen molar-refractivity contribution in [3.63, 3.8) is 0 Å². The van der Waals surface area contributed by atoms with E-state index in [0.29, 0.717) is 17.4 Å². The third-order valence-corrected chi connectivity index (χ3v) is 5.55. The van der Waals surface area contributed by atoms with Gasteiger partial charge in [-0.15, -0.1) is 5.10 Å². The Bertz CT molecular complexity index is 1020. The van der Waals surface area contributed by atoms with Crippen molar-refractivity contribution in [2.75, 3.05) is 32.7 Å². The molecule has 3 aromatic rings. The first-order valence-electron chi connectivity index (χ1n) is 9.99. The van der Waals surface area contributed by atoms with Crippen LogP contribution in [0.2, 0.25) is 0 Å². The molecule has 0 aliphatic carbocycles. The highest BCUT2D eigenvalue weighted by Gasteiger charge is 2.18. The van der Waals surface area contributed by atoms with Gasteiger partial charge in [-0.1, -0.05) is 60.7 Å². The lowest BCUT2D eigenvalue weighted by molar-refractivity contribution is 0.109. The van der Waals surface area contributed by atoms with Crippen molar-refractivity contribution in [3.8, 4) is 11.5 Å². The van der Waals surface area contributed by atoms with E-state index in [2.05, 4.69) is 64.3 Å². The number of aryl methyl sites for hydroxylation is 1. The van der Waals surface area contributed by atoms with E-state index in [1.807, 2.05) is 24.3 Å². The Morgan fingerprint density at radius 1 is 0.966 bits per heavy atom. The minimum atomic E-state index is 0.427. The van der Waals surface area contributed by atoms with Crippen molar-refractivity contribution in [1.82, 2.24) is 19.6 Å². The molecule has 1 saturated heterocycles. The molecule has 1 fully saturated rings. The molecule has 6 heteroatoms.